The summed E-state index contributed by atoms with van der Waals surface area (Å²) in [6.45, 7) is 2.16. The van der Waals surface area contributed by atoms with Crippen LogP contribution in [0.1, 0.15) is 16.7 Å². The molecule has 0 bridgehead atoms. The van der Waals surface area contributed by atoms with Crippen molar-refractivity contribution in [1.29, 1.82) is 0 Å². The van der Waals surface area contributed by atoms with Crippen molar-refractivity contribution in [2.45, 2.75) is 13.5 Å². The van der Waals surface area contributed by atoms with E-state index in [1.54, 1.807) is 18.2 Å². The number of hydrogen-bond acceptors (Lipinski definition) is 3. The van der Waals surface area contributed by atoms with Crippen LogP contribution in [0.4, 0.5) is 9.18 Å². The fourth-order valence-corrected chi connectivity index (χ4v) is 3.16. The van der Waals surface area contributed by atoms with Crippen LogP contribution in [0.5, 0.6) is 0 Å². The average molecular weight is 327 g/mol. The van der Waals surface area contributed by atoms with E-state index >= 15 is 0 Å². The summed E-state index contributed by atoms with van der Waals surface area (Å²) in [5.41, 5.74) is 2.24. The summed E-state index contributed by atoms with van der Waals surface area (Å²) in [5.74, 6) is -0.801. The highest BCUT2D eigenvalue weighted by molar-refractivity contribution is 8.18. The van der Waals surface area contributed by atoms with Crippen LogP contribution in [0.15, 0.2) is 53.4 Å². The number of amides is 2. The van der Waals surface area contributed by atoms with Gasteiger partial charge in [-0.05, 0) is 42.0 Å². The first-order chi connectivity index (χ1) is 11.1. The minimum absolute atomic E-state index is 0.228. The molecular weight excluding hydrogens is 313 g/mol. The average Bonchev–Trinajstić information content (AvgIpc) is 2.79. The number of rotatable bonds is 3. The number of thioether (sulfide) groups is 1. The van der Waals surface area contributed by atoms with Gasteiger partial charge < -0.3 is 0 Å². The summed E-state index contributed by atoms with van der Waals surface area (Å²) in [6.07, 6.45) is 1.43. The van der Waals surface area contributed by atoms with Crippen LogP contribution in [0.25, 0.3) is 6.08 Å². The normalized spacial score (nSPS) is 16.4. The Morgan fingerprint density at radius 3 is 2.52 bits per heavy atom. The second-order valence-corrected chi connectivity index (χ2v) is 6.21. The minimum atomic E-state index is -0.418. The van der Waals surface area contributed by atoms with Gasteiger partial charge in [0.15, 0.2) is 0 Å². The lowest BCUT2D eigenvalue weighted by Gasteiger charge is -2.14. The van der Waals surface area contributed by atoms with E-state index in [1.165, 1.54) is 17.0 Å². The van der Waals surface area contributed by atoms with Gasteiger partial charge in [-0.15, -0.1) is 0 Å². The fourth-order valence-electron chi connectivity index (χ4n) is 2.33. The quantitative estimate of drug-likeness (QED) is 0.786. The summed E-state index contributed by atoms with van der Waals surface area (Å²) in [6, 6.07) is 13.8. The van der Waals surface area contributed by atoms with Gasteiger partial charge in [-0.2, -0.15) is 0 Å². The highest BCUT2D eigenvalue weighted by Crippen LogP contribution is 2.33. The highest BCUT2D eigenvalue weighted by atomic mass is 32.2. The van der Waals surface area contributed by atoms with Crippen LogP contribution in [0.2, 0.25) is 0 Å². The number of carbonyl (C=O) groups excluding carboxylic acids is 2. The van der Waals surface area contributed by atoms with Crippen LogP contribution in [0.3, 0.4) is 0 Å². The zero-order valence-electron chi connectivity index (χ0n) is 12.5. The molecular formula is C18H14FNO2S. The zero-order chi connectivity index (χ0) is 16.4. The SMILES string of the molecule is Cc1ccccc1CN1C(=O)S/C(=C\c2ccccc2F)C1=O. The number of imide groups is 1. The first-order valence-corrected chi connectivity index (χ1v) is 7.92. The smallest absolute Gasteiger partial charge is 0.268 e. The highest BCUT2D eigenvalue weighted by Gasteiger charge is 2.35. The van der Waals surface area contributed by atoms with Crippen molar-refractivity contribution in [2.75, 3.05) is 0 Å². The molecule has 116 valence electrons. The molecule has 0 aliphatic carbocycles. The summed E-state index contributed by atoms with van der Waals surface area (Å²) < 4.78 is 13.7. The molecule has 1 aliphatic heterocycles. The fraction of sp³-hybridized carbons (Fsp3) is 0.111. The Morgan fingerprint density at radius 1 is 1.09 bits per heavy atom. The lowest BCUT2D eigenvalue weighted by Crippen LogP contribution is -2.27. The molecule has 5 heteroatoms. The lowest BCUT2D eigenvalue weighted by molar-refractivity contribution is -0.123. The third kappa shape index (κ3) is 3.19. The van der Waals surface area contributed by atoms with E-state index in [9.17, 15) is 14.0 Å². The van der Waals surface area contributed by atoms with Crippen LogP contribution in [0, 0.1) is 12.7 Å². The van der Waals surface area contributed by atoms with Crippen LogP contribution in [-0.4, -0.2) is 16.0 Å². The largest absolute Gasteiger partial charge is 0.293 e. The van der Waals surface area contributed by atoms with Gasteiger partial charge in [0.05, 0.1) is 11.4 Å². The molecule has 23 heavy (non-hydrogen) atoms. The Balaban J connectivity index is 1.86. The summed E-state index contributed by atoms with van der Waals surface area (Å²) in [5, 5.41) is -0.333. The number of aryl methyl sites for hydroxylation is 1. The maximum absolute atomic E-state index is 13.7. The maximum atomic E-state index is 13.7. The molecule has 0 spiro atoms. The van der Waals surface area contributed by atoms with Crippen molar-refractivity contribution in [3.8, 4) is 0 Å². The first-order valence-electron chi connectivity index (χ1n) is 7.10. The molecule has 0 N–H and O–H groups in total. The molecule has 1 fully saturated rings. The van der Waals surface area contributed by atoms with Gasteiger partial charge >= 0.3 is 0 Å². The van der Waals surface area contributed by atoms with Crippen LogP contribution < -0.4 is 0 Å². The molecule has 0 radical (unpaired) electrons. The van der Waals surface area contributed by atoms with Crippen LogP contribution >= 0.6 is 11.8 Å². The Kier molecular flexibility index (Phi) is 4.30. The van der Waals surface area contributed by atoms with E-state index in [0.717, 1.165) is 22.9 Å². The number of halogens is 1. The maximum Gasteiger partial charge on any atom is 0.293 e. The molecule has 0 aromatic heterocycles. The second kappa shape index (κ2) is 6.38. The van der Waals surface area contributed by atoms with E-state index < -0.39 is 5.82 Å². The first kappa shape index (κ1) is 15.5. The van der Waals surface area contributed by atoms with Gasteiger partial charge in [0.2, 0.25) is 0 Å². The molecule has 1 aliphatic rings. The van der Waals surface area contributed by atoms with E-state index in [0.29, 0.717) is 5.56 Å². The summed E-state index contributed by atoms with van der Waals surface area (Å²) in [4.78, 5) is 26.0. The molecule has 0 saturated carbocycles. The van der Waals surface area contributed by atoms with Crippen molar-refractivity contribution in [2.24, 2.45) is 0 Å². The van der Waals surface area contributed by atoms with Gasteiger partial charge in [-0.1, -0.05) is 42.5 Å². The lowest BCUT2D eigenvalue weighted by atomic mass is 10.1. The second-order valence-electron chi connectivity index (χ2n) is 5.22. The third-order valence-corrected chi connectivity index (χ3v) is 4.56. The Bertz CT molecular complexity index is 816. The predicted molar refractivity (Wildman–Crippen MR) is 89.1 cm³/mol. The van der Waals surface area contributed by atoms with Crippen molar-refractivity contribution < 1.29 is 14.0 Å². The van der Waals surface area contributed by atoms with Crippen molar-refractivity contribution >= 4 is 29.0 Å². The molecule has 1 saturated heterocycles. The molecule has 2 amide bonds. The number of hydrogen-bond donors (Lipinski definition) is 0. The molecule has 3 nitrogen and oxygen atoms in total. The standard InChI is InChI=1S/C18H14FNO2S/c1-12-6-2-3-8-14(12)11-20-17(21)16(23-18(20)22)10-13-7-4-5-9-15(13)19/h2-10H,11H2,1H3/b16-10-. The molecule has 2 aromatic carbocycles. The number of nitrogens with zero attached hydrogens (tertiary/aromatic N) is 1. The Morgan fingerprint density at radius 2 is 1.78 bits per heavy atom. The van der Waals surface area contributed by atoms with Gasteiger partial charge in [-0.25, -0.2) is 4.39 Å². The topological polar surface area (TPSA) is 37.4 Å². The minimum Gasteiger partial charge on any atom is -0.268 e. The van der Waals surface area contributed by atoms with Gasteiger partial charge in [0, 0.05) is 5.56 Å². The van der Waals surface area contributed by atoms with Crippen molar-refractivity contribution in [3.63, 3.8) is 0 Å². The van der Waals surface area contributed by atoms with E-state index in [-0.39, 0.29) is 22.6 Å². The predicted octanol–water partition coefficient (Wildman–Crippen LogP) is 4.37. The van der Waals surface area contributed by atoms with Crippen molar-refractivity contribution in [3.05, 3.63) is 75.9 Å². The summed E-state index contributed by atoms with van der Waals surface area (Å²) in [7, 11) is 0. The van der Waals surface area contributed by atoms with Gasteiger partial charge in [0.25, 0.3) is 11.1 Å². The Hall–Kier alpha value is -2.40. The van der Waals surface area contributed by atoms with E-state index in [2.05, 4.69) is 0 Å². The number of benzene rings is 2. The van der Waals surface area contributed by atoms with Crippen LogP contribution in [-0.2, 0) is 11.3 Å². The molecule has 0 unspecified atom stereocenters. The van der Waals surface area contributed by atoms with E-state index in [1.807, 2.05) is 31.2 Å². The molecule has 1 heterocycles. The summed E-state index contributed by atoms with van der Waals surface area (Å²) >= 11 is 0.842. The zero-order valence-corrected chi connectivity index (χ0v) is 13.3. The Labute approximate surface area is 137 Å². The monoisotopic (exact) mass is 327 g/mol. The number of carbonyl (C=O) groups is 2. The van der Waals surface area contributed by atoms with Gasteiger partial charge in [-0.3, -0.25) is 14.5 Å². The molecule has 3 rings (SSSR count). The van der Waals surface area contributed by atoms with Crippen molar-refractivity contribution in [1.82, 2.24) is 4.90 Å². The third-order valence-electron chi connectivity index (χ3n) is 3.66. The molecule has 0 atom stereocenters. The van der Waals surface area contributed by atoms with E-state index in [4.69, 9.17) is 0 Å². The molecule has 2 aromatic rings. The van der Waals surface area contributed by atoms with Gasteiger partial charge in [0.1, 0.15) is 5.82 Å².